The predicted molar refractivity (Wildman–Crippen MR) is 141 cm³/mol. The highest BCUT2D eigenvalue weighted by atomic mass is 32.2. The molecule has 5 rings (SSSR count). The molecule has 1 fully saturated rings. The average Bonchev–Trinajstić information content (AvgIpc) is 3.33. The number of halogens is 3. The zero-order valence-corrected chi connectivity index (χ0v) is 21.2. The lowest BCUT2D eigenvalue weighted by molar-refractivity contribution is -0.137. The number of fused-ring (bicyclic) bond motifs is 1. The second kappa shape index (κ2) is 9.62. The number of phenolic OH excluding ortho intramolecular Hbond substituents is 1. The number of thioether (sulfide) groups is 1. The zero-order chi connectivity index (χ0) is 28.1. The molecule has 0 radical (unpaired) electrons. The van der Waals surface area contributed by atoms with Crippen molar-refractivity contribution in [1.82, 2.24) is 9.88 Å². The fourth-order valence-corrected chi connectivity index (χ4v) is 4.73. The summed E-state index contributed by atoms with van der Waals surface area (Å²) in [7, 11) is 0. The summed E-state index contributed by atoms with van der Waals surface area (Å²) in [4.78, 5) is 23.3. The zero-order valence-electron chi connectivity index (χ0n) is 20.4. The van der Waals surface area contributed by atoms with Gasteiger partial charge in [0.1, 0.15) is 11.4 Å². The van der Waals surface area contributed by atoms with Crippen LogP contribution in [0.5, 0.6) is 11.6 Å². The van der Waals surface area contributed by atoms with E-state index in [0.29, 0.717) is 11.3 Å². The summed E-state index contributed by atoms with van der Waals surface area (Å²) in [5.74, 6) is -1.27. The molecule has 4 aromatic rings. The Kier molecular flexibility index (Phi) is 6.43. The van der Waals surface area contributed by atoms with Crippen LogP contribution in [0.4, 0.5) is 29.3 Å². The van der Waals surface area contributed by atoms with Gasteiger partial charge in [0.25, 0.3) is 11.1 Å². The van der Waals surface area contributed by atoms with E-state index in [4.69, 9.17) is 0 Å². The maximum absolute atomic E-state index is 13.5. The van der Waals surface area contributed by atoms with E-state index < -0.39 is 28.8 Å². The Hall–Kier alpha value is -4.58. The van der Waals surface area contributed by atoms with Gasteiger partial charge in [0.15, 0.2) is 5.69 Å². The van der Waals surface area contributed by atoms with Crippen molar-refractivity contribution in [1.29, 1.82) is 0 Å². The molecule has 1 saturated heterocycles. The van der Waals surface area contributed by atoms with Crippen molar-refractivity contribution in [2.45, 2.75) is 20.0 Å². The fourth-order valence-electron chi connectivity index (χ4n) is 4.05. The number of alkyl halides is 3. The van der Waals surface area contributed by atoms with Crippen molar-refractivity contribution in [3.8, 4) is 17.3 Å². The van der Waals surface area contributed by atoms with E-state index in [0.717, 1.165) is 35.0 Å². The molecule has 0 saturated carbocycles. The summed E-state index contributed by atoms with van der Waals surface area (Å²) in [6.07, 6.45) is -3.18. The highest BCUT2D eigenvalue weighted by Crippen LogP contribution is 2.44. The number of azo groups is 1. The van der Waals surface area contributed by atoms with Crippen LogP contribution in [0.3, 0.4) is 0 Å². The van der Waals surface area contributed by atoms with Gasteiger partial charge in [-0.1, -0.05) is 12.1 Å². The Morgan fingerprint density at radius 1 is 0.949 bits per heavy atom. The van der Waals surface area contributed by atoms with E-state index in [1.165, 1.54) is 34.9 Å². The van der Waals surface area contributed by atoms with Crippen molar-refractivity contribution < 1.29 is 33.0 Å². The SMILES string of the molecule is Cc1ccc(-n2c(O)c(N=Nc3ccc(C=C4SC(=O)NC4=O)cc3O)c3ccc(C(F)(F)F)cc32)cc1C. The highest BCUT2D eigenvalue weighted by molar-refractivity contribution is 8.18. The third-order valence-corrected chi connectivity index (χ3v) is 7.00. The molecule has 1 aliphatic heterocycles. The lowest BCUT2D eigenvalue weighted by atomic mass is 10.1. The number of aromatic hydroxyl groups is 2. The smallest absolute Gasteiger partial charge is 0.416 e. The van der Waals surface area contributed by atoms with Crippen LogP contribution in [0.1, 0.15) is 22.3 Å². The number of imide groups is 1. The standard InChI is InChI=1S/C27H19F3N4O4S/c1-13-3-6-17(9-14(13)2)34-20-12-16(27(28,29)30)5-7-18(20)23(25(34)37)33-32-19-8-4-15(10-21(19)35)11-22-24(36)31-26(38)39-22/h3-12,35,37H,1-2H3,(H,31,36,38). The van der Waals surface area contributed by atoms with Crippen LogP contribution in [-0.4, -0.2) is 25.9 Å². The number of nitrogens with zero attached hydrogens (tertiary/aromatic N) is 3. The monoisotopic (exact) mass is 552 g/mol. The largest absolute Gasteiger partial charge is 0.506 e. The summed E-state index contributed by atoms with van der Waals surface area (Å²) in [6, 6.07) is 12.5. The Bertz CT molecular complexity index is 1740. The van der Waals surface area contributed by atoms with Gasteiger partial charge in [0.2, 0.25) is 5.88 Å². The molecule has 3 N–H and O–H groups in total. The topological polar surface area (TPSA) is 116 Å². The molecule has 39 heavy (non-hydrogen) atoms. The quantitative estimate of drug-likeness (QED) is 0.180. The first kappa shape index (κ1) is 26.0. The third kappa shape index (κ3) is 4.98. The van der Waals surface area contributed by atoms with Crippen LogP contribution in [0, 0.1) is 13.8 Å². The van der Waals surface area contributed by atoms with Crippen LogP contribution < -0.4 is 5.32 Å². The summed E-state index contributed by atoms with van der Waals surface area (Å²) in [6.45, 7) is 3.74. The van der Waals surface area contributed by atoms with E-state index in [1.54, 1.807) is 18.2 Å². The van der Waals surface area contributed by atoms with Crippen LogP contribution in [0.15, 0.2) is 69.7 Å². The summed E-state index contributed by atoms with van der Waals surface area (Å²) < 4.78 is 41.8. The fraction of sp³-hybridized carbons (Fsp3) is 0.111. The first-order valence-corrected chi connectivity index (χ1v) is 12.3. The molecule has 8 nitrogen and oxygen atoms in total. The van der Waals surface area contributed by atoms with Gasteiger partial charge >= 0.3 is 6.18 Å². The van der Waals surface area contributed by atoms with Crippen molar-refractivity contribution in [3.05, 3.63) is 81.8 Å². The number of hydrogen-bond acceptors (Lipinski definition) is 7. The number of carbonyl (C=O) groups excluding carboxylic acids is 2. The van der Waals surface area contributed by atoms with Crippen molar-refractivity contribution in [3.63, 3.8) is 0 Å². The van der Waals surface area contributed by atoms with Crippen LogP contribution >= 0.6 is 11.8 Å². The van der Waals surface area contributed by atoms with E-state index in [2.05, 4.69) is 15.5 Å². The van der Waals surface area contributed by atoms with Crippen molar-refractivity contribution in [2.24, 2.45) is 10.2 Å². The molecule has 2 amide bonds. The maximum Gasteiger partial charge on any atom is 0.416 e. The normalized spacial score (nSPS) is 15.2. The van der Waals surface area contributed by atoms with E-state index in [1.807, 2.05) is 13.8 Å². The van der Waals surface area contributed by atoms with Gasteiger partial charge in [-0.25, -0.2) is 0 Å². The molecule has 0 unspecified atom stereocenters. The molecular formula is C27H19F3N4O4S. The van der Waals surface area contributed by atoms with E-state index in [9.17, 15) is 33.0 Å². The van der Waals surface area contributed by atoms with Crippen molar-refractivity contribution in [2.75, 3.05) is 0 Å². The first-order chi connectivity index (χ1) is 18.4. The van der Waals surface area contributed by atoms with Crippen molar-refractivity contribution >= 4 is 51.3 Å². The number of aromatic nitrogens is 1. The van der Waals surface area contributed by atoms with Gasteiger partial charge in [-0.2, -0.15) is 13.2 Å². The van der Waals surface area contributed by atoms with Crippen LogP contribution in [0.25, 0.3) is 22.7 Å². The molecule has 12 heteroatoms. The summed E-state index contributed by atoms with van der Waals surface area (Å²) in [5, 5.41) is 31.5. The molecular weight excluding hydrogens is 533 g/mol. The number of carbonyl (C=O) groups is 2. The second-order valence-corrected chi connectivity index (χ2v) is 9.82. The maximum atomic E-state index is 13.5. The molecule has 0 bridgehead atoms. The second-order valence-electron chi connectivity index (χ2n) is 8.81. The van der Waals surface area contributed by atoms with E-state index in [-0.39, 0.29) is 32.9 Å². The molecule has 1 aliphatic rings. The van der Waals surface area contributed by atoms with Gasteiger partial charge in [-0.15, -0.1) is 10.2 Å². The lowest BCUT2D eigenvalue weighted by Crippen LogP contribution is -2.17. The van der Waals surface area contributed by atoms with Gasteiger partial charge in [0.05, 0.1) is 16.0 Å². The average molecular weight is 553 g/mol. The number of aryl methyl sites for hydroxylation is 2. The number of phenols is 1. The number of rotatable bonds is 4. The minimum atomic E-state index is -4.60. The Balaban J connectivity index is 1.58. The molecule has 0 spiro atoms. The molecule has 1 aromatic heterocycles. The molecule has 3 aromatic carbocycles. The predicted octanol–water partition coefficient (Wildman–Crippen LogP) is 7.42. The minimum absolute atomic E-state index is 0.00939. The Morgan fingerprint density at radius 3 is 2.36 bits per heavy atom. The highest BCUT2D eigenvalue weighted by Gasteiger charge is 2.32. The van der Waals surface area contributed by atoms with Gasteiger partial charge in [-0.05, 0) is 90.8 Å². The summed E-state index contributed by atoms with van der Waals surface area (Å²) >= 11 is 0.731. The van der Waals surface area contributed by atoms with Gasteiger partial charge in [0, 0.05) is 11.1 Å². The number of benzene rings is 3. The third-order valence-electron chi connectivity index (χ3n) is 6.19. The number of hydrogen-bond donors (Lipinski definition) is 3. The molecule has 198 valence electrons. The summed E-state index contributed by atoms with van der Waals surface area (Å²) in [5.41, 5.74) is 1.82. The van der Waals surface area contributed by atoms with E-state index >= 15 is 0 Å². The molecule has 0 aliphatic carbocycles. The minimum Gasteiger partial charge on any atom is -0.506 e. The molecule has 0 atom stereocenters. The lowest BCUT2D eigenvalue weighted by Gasteiger charge is -2.11. The van der Waals surface area contributed by atoms with Gasteiger partial charge in [-0.3, -0.25) is 19.5 Å². The Morgan fingerprint density at radius 2 is 1.72 bits per heavy atom. The number of nitrogens with one attached hydrogen (secondary N) is 1. The Labute approximate surface area is 223 Å². The van der Waals surface area contributed by atoms with Gasteiger partial charge < -0.3 is 10.2 Å². The van der Waals surface area contributed by atoms with Crippen LogP contribution in [0.2, 0.25) is 0 Å². The molecule has 2 heterocycles. The van der Waals surface area contributed by atoms with Crippen LogP contribution in [-0.2, 0) is 11.0 Å². The number of amides is 2. The first-order valence-electron chi connectivity index (χ1n) is 11.4.